The molecule has 0 spiro atoms. The van der Waals surface area contributed by atoms with Crippen molar-refractivity contribution in [3.63, 3.8) is 0 Å². The minimum atomic E-state index is -0.0933. The third kappa shape index (κ3) is 3.88. The summed E-state index contributed by atoms with van der Waals surface area (Å²) in [6.45, 7) is 8.27. The molecule has 0 aliphatic carbocycles. The molecule has 0 N–H and O–H groups in total. The van der Waals surface area contributed by atoms with Crippen molar-refractivity contribution in [1.82, 2.24) is 14.7 Å². The number of carbonyl (C=O) groups excluding carboxylic acids is 1. The molecule has 0 unspecified atom stereocenters. The van der Waals surface area contributed by atoms with Crippen LogP contribution >= 0.6 is 24.0 Å². The third-order valence-corrected chi connectivity index (χ3v) is 6.26. The van der Waals surface area contributed by atoms with Gasteiger partial charge in [-0.2, -0.15) is 5.10 Å². The molecular formula is C24H21N3OS2. The highest BCUT2D eigenvalue weighted by Crippen LogP contribution is 2.35. The highest BCUT2D eigenvalue weighted by molar-refractivity contribution is 8.26. The number of benzene rings is 2. The summed E-state index contributed by atoms with van der Waals surface area (Å²) in [7, 11) is 0. The summed E-state index contributed by atoms with van der Waals surface area (Å²) < 4.78 is 2.41. The highest BCUT2D eigenvalue weighted by Gasteiger charge is 2.31. The second-order valence-corrected chi connectivity index (χ2v) is 8.79. The lowest BCUT2D eigenvalue weighted by atomic mass is 10.0. The number of aromatic nitrogens is 2. The van der Waals surface area contributed by atoms with Gasteiger partial charge in [-0.05, 0) is 43.7 Å². The molecule has 0 bridgehead atoms. The van der Waals surface area contributed by atoms with Crippen molar-refractivity contribution in [2.24, 2.45) is 0 Å². The van der Waals surface area contributed by atoms with Gasteiger partial charge in [0.15, 0.2) is 0 Å². The summed E-state index contributed by atoms with van der Waals surface area (Å²) in [5.41, 5.74) is 6.03. The van der Waals surface area contributed by atoms with Gasteiger partial charge in [-0.3, -0.25) is 9.69 Å². The summed E-state index contributed by atoms with van der Waals surface area (Å²) in [5, 5.41) is 4.88. The first-order valence-electron chi connectivity index (χ1n) is 9.57. The normalized spacial score (nSPS) is 15.3. The average Bonchev–Trinajstić information content (AvgIpc) is 3.27. The minimum absolute atomic E-state index is 0.0933. The summed E-state index contributed by atoms with van der Waals surface area (Å²) in [6.07, 6.45) is 5.54. The number of nitrogens with zero attached hydrogens (tertiary/aromatic N) is 3. The van der Waals surface area contributed by atoms with E-state index >= 15 is 0 Å². The number of thiocarbonyl (C=S) groups is 1. The summed E-state index contributed by atoms with van der Waals surface area (Å²) in [4.78, 5) is 15.0. The van der Waals surface area contributed by atoms with Gasteiger partial charge in [0.2, 0.25) is 0 Å². The highest BCUT2D eigenvalue weighted by atomic mass is 32.2. The Labute approximate surface area is 185 Å². The van der Waals surface area contributed by atoms with Gasteiger partial charge in [0, 0.05) is 23.9 Å². The zero-order valence-corrected chi connectivity index (χ0v) is 18.5. The van der Waals surface area contributed by atoms with Crippen LogP contribution in [-0.2, 0) is 4.79 Å². The predicted octanol–water partition coefficient (Wildman–Crippen LogP) is 5.54. The van der Waals surface area contributed by atoms with Gasteiger partial charge in [-0.15, -0.1) is 6.58 Å². The molecule has 3 aromatic rings. The lowest BCUT2D eigenvalue weighted by Gasteiger charge is -2.10. The summed E-state index contributed by atoms with van der Waals surface area (Å²) >= 11 is 6.70. The van der Waals surface area contributed by atoms with E-state index in [1.54, 1.807) is 11.0 Å². The van der Waals surface area contributed by atoms with Crippen LogP contribution in [-0.4, -0.2) is 31.5 Å². The first-order chi connectivity index (χ1) is 14.5. The second-order valence-electron chi connectivity index (χ2n) is 7.11. The van der Waals surface area contributed by atoms with E-state index in [1.165, 1.54) is 11.8 Å². The molecule has 1 fully saturated rings. The molecular weight excluding hydrogens is 410 g/mol. The number of rotatable bonds is 5. The summed E-state index contributed by atoms with van der Waals surface area (Å²) in [5.74, 6) is -0.0933. The van der Waals surface area contributed by atoms with Gasteiger partial charge in [0.05, 0.1) is 10.6 Å². The van der Waals surface area contributed by atoms with Crippen molar-refractivity contribution in [2.75, 3.05) is 6.54 Å². The van der Waals surface area contributed by atoms with Crippen molar-refractivity contribution in [1.29, 1.82) is 0 Å². The molecule has 6 heteroatoms. The molecule has 1 aliphatic heterocycles. The van der Waals surface area contributed by atoms with Gasteiger partial charge in [-0.1, -0.05) is 66.0 Å². The van der Waals surface area contributed by atoms with Crippen LogP contribution in [0.1, 0.15) is 16.7 Å². The Hall–Kier alpha value is -2.96. The lowest BCUT2D eigenvalue weighted by Crippen LogP contribution is -2.27. The Kier molecular flexibility index (Phi) is 5.70. The maximum atomic E-state index is 12.8. The molecule has 1 amide bonds. The van der Waals surface area contributed by atoms with Crippen LogP contribution in [0.2, 0.25) is 0 Å². The number of thioether (sulfide) groups is 1. The van der Waals surface area contributed by atoms with E-state index in [0.717, 1.165) is 33.6 Å². The predicted molar refractivity (Wildman–Crippen MR) is 129 cm³/mol. The third-order valence-electron chi connectivity index (χ3n) is 4.88. The molecule has 0 radical (unpaired) electrons. The molecule has 4 rings (SSSR count). The minimum Gasteiger partial charge on any atom is -0.289 e. The zero-order valence-electron chi connectivity index (χ0n) is 16.8. The van der Waals surface area contributed by atoms with E-state index in [0.29, 0.717) is 15.8 Å². The largest absolute Gasteiger partial charge is 0.289 e. The van der Waals surface area contributed by atoms with Crippen LogP contribution in [0.15, 0.2) is 72.3 Å². The smallest absolute Gasteiger partial charge is 0.266 e. The topological polar surface area (TPSA) is 38.1 Å². The average molecular weight is 432 g/mol. The molecule has 4 nitrogen and oxygen atoms in total. The molecule has 1 saturated heterocycles. The van der Waals surface area contributed by atoms with Crippen LogP contribution < -0.4 is 0 Å². The van der Waals surface area contributed by atoms with E-state index in [2.05, 4.69) is 38.6 Å². The van der Waals surface area contributed by atoms with Gasteiger partial charge in [0.25, 0.3) is 5.91 Å². The number of aryl methyl sites for hydroxylation is 2. The fourth-order valence-corrected chi connectivity index (χ4v) is 4.60. The first-order valence-corrected chi connectivity index (χ1v) is 10.8. The van der Waals surface area contributed by atoms with E-state index in [9.17, 15) is 4.79 Å². The SMILES string of the molecule is C=CCN1C(=O)C(=Cc2cn(-c3ccccc3)nc2-c2cc(C)ccc2C)SC1=S. The molecule has 1 aromatic heterocycles. The van der Waals surface area contributed by atoms with Gasteiger partial charge >= 0.3 is 0 Å². The van der Waals surface area contributed by atoms with E-state index in [-0.39, 0.29) is 5.91 Å². The van der Waals surface area contributed by atoms with E-state index < -0.39 is 0 Å². The fraction of sp³-hybridized carbons (Fsp3) is 0.125. The Morgan fingerprint density at radius 3 is 2.67 bits per heavy atom. The number of amides is 1. The second kappa shape index (κ2) is 8.42. The fourth-order valence-electron chi connectivity index (χ4n) is 3.33. The van der Waals surface area contributed by atoms with Gasteiger partial charge in [-0.25, -0.2) is 4.68 Å². The lowest BCUT2D eigenvalue weighted by molar-refractivity contribution is -0.121. The van der Waals surface area contributed by atoms with Crippen LogP contribution in [0.3, 0.4) is 0 Å². The Morgan fingerprint density at radius 1 is 1.17 bits per heavy atom. The van der Waals surface area contributed by atoms with Crippen molar-refractivity contribution < 1.29 is 4.79 Å². The Balaban J connectivity index is 1.85. The molecule has 2 heterocycles. The number of carbonyl (C=O) groups is 1. The Bertz CT molecular complexity index is 1180. The van der Waals surface area contributed by atoms with Crippen molar-refractivity contribution in [2.45, 2.75) is 13.8 Å². The van der Waals surface area contributed by atoms with E-state index in [1.807, 2.05) is 47.3 Å². The summed E-state index contributed by atoms with van der Waals surface area (Å²) in [6, 6.07) is 16.3. The molecule has 0 saturated carbocycles. The van der Waals surface area contributed by atoms with Crippen LogP contribution in [0.4, 0.5) is 0 Å². The molecule has 0 atom stereocenters. The molecule has 150 valence electrons. The number of hydrogen-bond acceptors (Lipinski definition) is 4. The van der Waals surface area contributed by atoms with Crippen molar-refractivity contribution in [3.05, 3.63) is 89.0 Å². The number of hydrogen-bond donors (Lipinski definition) is 0. The van der Waals surface area contributed by atoms with Gasteiger partial charge < -0.3 is 0 Å². The molecule has 2 aromatic carbocycles. The van der Waals surface area contributed by atoms with Crippen LogP contribution in [0.5, 0.6) is 0 Å². The van der Waals surface area contributed by atoms with Crippen LogP contribution in [0.25, 0.3) is 23.0 Å². The van der Waals surface area contributed by atoms with E-state index in [4.69, 9.17) is 17.3 Å². The zero-order chi connectivity index (χ0) is 21.3. The van der Waals surface area contributed by atoms with Gasteiger partial charge in [0.1, 0.15) is 10.0 Å². The monoisotopic (exact) mass is 431 g/mol. The van der Waals surface area contributed by atoms with Crippen molar-refractivity contribution in [3.8, 4) is 16.9 Å². The molecule has 1 aliphatic rings. The maximum absolute atomic E-state index is 12.8. The first kappa shape index (κ1) is 20.3. The van der Waals surface area contributed by atoms with Crippen molar-refractivity contribution >= 4 is 40.3 Å². The number of para-hydroxylation sites is 1. The maximum Gasteiger partial charge on any atom is 0.266 e. The standard InChI is InChI=1S/C24H21N3OS2/c1-4-12-26-23(28)21(30-24(26)29)14-18-15-27(19-8-6-5-7-9-19)25-22(18)20-13-16(2)10-11-17(20)3/h4-11,13-15H,1,12H2,2-3H3. The quantitative estimate of drug-likeness (QED) is 0.302. The Morgan fingerprint density at radius 2 is 1.93 bits per heavy atom. The van der Waals surface area contributed by atoms with Crippen LogP contribution in [0, 0.1) is 13.8 Å². The molecule has 30 heavy (non-hydrogen) atoms.